The third-order valence-corrected chi connectivity index (χ3v) is 7.30. The Hall–Kier alpha value is -2.96. The zero-order valence-electron chi connectivity index (χ0n) is 16.5. The molecule has 0 atom stereocenters. The first-order valence-corrected chi connectivity index (χ1v) is 11.6. The molecular formula is C26H16Br2O4. The molecule has 0 spiro atoms. The Morgan fingerprint density at radius 2 is 1.00 bits per heavy atom. The highest BCUT2D eigenvalue weighted by molar-refractivity contribution is 9.10. The summed E-state index contributed by atoms with van der Waals surface area (Å²) in [5, 5.41) is 20.4. The van der Waals surface area contributed by atoms with Gasteiger partial charge in [0.1, 0.15) is 28.4 Å². The van der Waals surface area contributed by atoms with Crippen LogP contribution in [-0.4, -0.2) is 10.2 Å². The van der Waals surface area contributed by atoms with Crippen molar-refractivity contribution in [3.63, 3.8) is 0 Å². The summed E-state index contributed by atoms with van der Waals surface area (Å²) in [6, 6.07) is 26.3. The predicted molar refractivity (Wildman–Crippen MR) is 127 cm³/mol. The molecular weight excluding hydrogens is 536 g/mol. The zero-order valence-corrected chi connectivity index (χ0v) is 19.7. The summed E-state index contributed by atoms with van der Waals surface area (Å²) in [6.45, 7) is 0. The first-order chi connectivity index (χ1) is 15.4. The molecule has 4 nitrogen and oxygen atoms in total. The number of aromatic hydroxyl groups is 2. The average Bonchev–Trinajstić information content (AvgIpc) is 3.20. The molecule has 32 heavy (non-hydrogen) atoms. The lowest BCUT2D eigenvalue weighted by atomic mass is 9.64. The number of hydrogen-bond acceptors (Lipinski definition) is 4. The molecule has 0 bridgehead atoms. The minimum atomic E-state index is -1.27. The molecule has 0 aliphatic carbocycles. The van der Waals surface area contributed by atoms with Crippen LogP contribution in [0, 0.1) is 0 Å². The molecule has 2 aliphatic rings. The first kappa shape index (κ1) is 19.7. The average molecular weight is 552 g/mol. The molecule has 6 heteroatoms. The van der Waals surface area contributed by atoms with Gasteiger partial charge in [0.2, 0.25) is 0 Å². The van der Waals surface area contributed by atoms with Gasteiger partial charge in [-0.3, -0.25) is 0 Å². The van der Waals surface area contributed by atoms with E-state index in [1.807, 2.05) is 60.7 Å². The maximum atomic E-state index is 10.2. The van der Waals surface area contributed by atoms with Gasteiger partial charge in [-0.1, -0.05) is 68.3 Å². The van der Waals surface area contributed by atoms with Gasteiger partial charge in [-0.2, -0.15) is 0 Å². The molecule has 4 aromatic rings. The Morgan fingerprint density at radius 3 is 1.47 bits per heavy atom. The maximum absolute atomic E-state index is 10.2. The van der Waals surface area contributed by atoms with Crippen LogP contribution in [0.5, 0.6) is 23.0 Å². The molecule has 0 amide bonds. The van der Waals surface area contributed by atoms with Crippen LogP contribution >= 0.6 is 31.9 Å². The molecule has 2 N–H and O–H groups in total. The molecule has 0 radical (unpaired) electrons. The summed E-state index contributed by atoms with van der Waals surface area (Å²) >= 11 is 7.05. The second-order valence-corrected chi connectivity index (χ2v) is 9.78. The fourth-order valence-electron chi connectivity index (χ4n) is 5.00. The maximum Gasteiger partial charge on any atom is 0.296 e. The summed E-state index contributed by atoms with van der Waals surface area (Å²) in [7, 11) is 0. The molecule has 2 heterocycles. The van der Waals surface area contributed by atoms with Crippen molar-refractivity contribution in [1.29, 1.82) is 0 Å². The lowest BCUT2D eigenvalue weighted by molar-refractivity contribution is -0.119. The van der Waals surface area contributed by atoms with E-state index in [0.29, 0.717) is 11.5 Å². The van der Waals surface area contributed by atoms with Crippen molar-refractivity contribution < 1.29 is 19.7 Å². The number of phenolic OH excluding ortho intramolecular Hbond substituents is 2. The third-order valence-electron chi connectivity index (χ3n) is 6.24. The summed E-state index contributed by atoms with van der Waals surface area (Å²) in [4.78, 5) is 0. The van der Waals surface area contributed by atoms with Gasteiger partial charge in [0.15, 0.2) is 0 Å². The normalized spacial score (nSPS) is 22.4. The lowest BCUT2D eigenvalue weighted by Crippen LogP contribution is -2.50. The molecule has 0 unspecified atom stereocenters. The van der Waals surface area contributed by atoms with Crippen molar-refractivity contribution in [3.05, 3.63) is 116 Å². The molecule has 0 fully saturated rings. The van der Waals surface area contributed by atoms with Crippen LogP contribution in [0.3, 0.4) is 0 Å². The standard InChI is InChI=1S/C26H16Br2O4/c27-17-5-1-15(2-6-17)25-21-11-9-19(29)13-23(21)31-26(25,16-3-7-18(28)8-4-16)32-24-14-20(30)10-12-22(24)25/h1-14,29-30H. The smallest absolute Gasteiger partial charge is 0.296 e. The van der Waals surface area contributed by atoms with Crippen molar-refractivity contribution in [3.8, 4) is 23.0 Å². The minimum absolute atomic E-state index is 0.117. The third kappa shape index (κ3) is 2.48. The summed E-state index contributed by atoms with van der Waals surface area (Å²) in [5.74, 6) is 0.0654. The molecule has 0 aromatic heterocycles. The van der Waals surface area contributed by atoms with Gasteiger partial charge in [-0.05, 0) is 42.0 Å². The number of hydrogen-bond donors (Lipinski definition) is 2. The van der Waals surface area contributed by atoms with Gasteiger partial charge < -0.3 is 19.7 Å². The molecule has 0 saturated heterocycles. The van der Waals surface area contributed by atoms with Crippen molar-refractivity contribution in [1.82, 2.24) is 0 Å². The quantitative estimate of drug-likeness (QED) is 0.295. The van der Waals surface area contributed by atoms with Gasteiger partial charge >= 0.3 is 0 Å². The fraction of sp³-hybridized carbons (Fsp3) is 0.0769. The highest BCUT2D eigenvalue weighted by Crippen LogP contribution is 2.67. The van der Waals surface area contributed by atoms with E-state index in [0.717, 1.165) is 31.2 Å². The number of benzene rings is 4. The van der Waals surface area contributed by atoms with Crippen LogP contribution in [0.2, 0.25) is 0 Å². The molecule has 158 valence electrons. The molecule has 6 rings (SSSR count). The topological polar surface area (TPSA) is 58.9 Å². The van der Waals surface area contributed by atoms with E-state index in [1.54, 1.807) is 24.3 Å². The van der Waals surface area contributed by atoms with Crippen molar-refractivity contribution in [2.45, 2.75) is 11.2 Å². The lowest BCUT2D eigenvalue weighted by Gasteiger charge is -2.38. The van der Waals surface area contributed by atoms with Gasteiger partial charge in [-0.25, -0.2) is 0 Å². The number of fused-ring (bicyclic) bond motifs is 5. The molecule has 0 saturated carbocycles. The monoisotopic (exact) mass is 550 g/mol. The van der Waals surface area contributed by atoms with E-state index in [-0.39, 0.29) is 11.5 Å². The Balaban J connectivity index is 1.77. The number of ether oxygens (including phenoxy) is 2. The van der Waals surface area contributed by atoms with Crippen LogP contribution < -0.4 is 9.47 Å². The first-order valence-electron chi connectivity index (χ1n) is 10.0. The predicted octanol–water partition coefficient (Wildman–Crippen LogP) is 6.60. The number of halogens is 2. The van der Waals surface area contributed by atoms with Crippen molar-refractivity contribution in [2.75, 3.05) is 0 Å². The Kier molecular flexibility index (Phi) is 4.17. The van der Waals surface area contributed by atoms with Crippen LogP contribution in [0.15, 0.2) is 93.9 Å². The van der Waals surface area contributed by atoms with Gasteiger partial charge in [0.25, 0.3) is 5.79 Å². The Bertz CT molecular complexity index is 1310. The number of rotatable bonds is 2. The zero-order chi connectivity index (χ0) is 22.1. The van der Waals surface area contributed by atoms with Crippen LogP contribution in [0.1, 0.15) is 22.3 Å². The summed E-state index contributed by atoms with van der Waals surface area (Å²) in [6.07, 6.45) is 0. The second-order valence-electron chi connectivity index (χ2n) is 7.95. The van der Waals surface area contributed by atoms with Crippen molar-refractivity contribution in [2.24, 2.45) is 0 Å². The van der Waals surface area contributed by atoms with Crippen LogP contribution in [0.4, 0.5) is 0 Å². The SMILES string of the molecule is Oc1ccc2c(c1)OC1(c3ccc(Br)cc3)Oc3cc(O)ccc3C21c1ccc(Br)cc1. The van der Waals surface area contributed by atoms with E-state index in [4.69, 9.17) is 9.47 Å². The molecule has 2 aliphatic heterocycles. The largest absolute Gasteiger partial charge is 0.508 e. The second kappa shape index (κ2) is 6.77. The van der Waals surface area contributed by atoms with E-state index < -0.39 is 11.2 Å². The fourth-order valence-corrected chi connectivity index (χ4v) is 5.53. The Labute approximate surface area is 201 Å². The van der Waals surface area contributed by atoms with Crippen LogP contribution in [-0.2, 0) is 11.2 Å². The van der Waals surface area contributed by atoms with Gasteiger partial charge in [-0.15, -0.1) is 0 Å². The molecule has 4 aromatic carbocycles. The van der Waals surface area contributed by atoms with Crippen molar-refractivity contribution >= 4 is 31.9 Å². The van der Waals surface area contributed by atoms with Crippen LogP contribution in [0.25, 0.3) is 0 Å². The summed E-state index contributed by atoms with van der Waals surface area (Å²) < 4.78 is 15.2. The Morgan fingerprint density at radius 1 is 0.562 bits per heavy atom. The van der Waals surface area contributed by atoms with Gasteiger partial charge in [0, 0.05) is 37.8 Å². The summed E-state index contributed by atoms with van der Waals surface area (Å²) in [5.41, 5.74) is 2.68. The van der Waals surface area contributed by atoms with Gasteiger partial charge in [0.05, 0.1) is 0 Å². The van der Waals surface area contributed by atoms with E-state index in [9.17, 15) is 10.2 Å². The van der Waals surface area contributed by atoms with E-state index in [1.165, 1.54) is 0 Å². The van der Waals surface area contributed by atoms with E-state index >= 15 is 0 Å². The van der Waals surface area contributed by atoms with E-state index in [2.05, 4.69) is 31.9 Å². The number of phenols is 2. The highest BCUT2D eigenvalue weighted by Gasteiger charge is 2.70. The minimum Gasteiger partial charge on any atom is -0.508 e. The highest BCUT2D eigenvalue weighted by atomic mass is 79.9.